The van der Waals surface area contributed by atoms with E-state index in [4.69, 9.17) is 4.98 Å². The molecule has 1 aliphatic rings. The molecule has 2 aromatic heterocycles. The Morgan fingerprint density at radius 2 is 1.82 bits per heavy atom. The molecule has 1 amide bonds. The van der Waals surface area contributed by atoms with Crippen molar-refractivity contribution >= 4 is 28.8 Å². The molecule has 34 heavy (non-hydrogen) atoms. The largest absolute Gasteiger partial charge is 0.349 e. The van der Waals surface area contributed by atoms with Crippen molar-refractivity contribution in [3.63, 3.8) is 0 Å². The molecule has 2 heterocycles. The third-order valence-electron chi connectivity index (χ3n) is 6.28. The van der Waals surface area contributed by atoms with Gasteiger partial charge >= 0.3 is 0 Å². The number of imidazole rings is 1. The maximum atomic E-state index is 14.3. The quantitative estimate of drug-likeness (QED) is 0.335. The van der Waals surface area contributed by atoms with E-state index in [2.05, 4.69) is 10.3 Å². The molecule has 0 unspecified atom stereocenters. The summed E-state index contributed by atoms with van der Waals surface area (Å²) in [6, 6.07) is 18.6. The third kappa shape index (κ3) is 5.14. The van der Waals surface area contributed by atoms with Gasteiger partial charge in [0.2, 0.25) is 0 Å². The van der Waals surface area contributed by atoms with Gasteiger partial charge in [0.1, 0.15) is 11.3 Å². The van der Waals surface area contributed by atoms with Crippen molar-refractivity contribution in [1.82, 2.24) is 19.9 Å². The van der Waals surface area contributed by atoms with Gasteiger partial charge in [-0.3, -0.25) is 9.36 Å². The van der Waals surface area contributed by atoms with E-state index >= 15 is 0 Å². The number of rotatable bonds is 7. The molecule has 5 rings (SSSR count). The number of carbonyl (C=O) groups excluding carboxylic acids is 1. The van der Waals surface area contributed by atoms with E-state index in [0.717, 1.165) is 34.7 Å². The van der Waals surface area contributed by atoms with Crippen LogP contribution in [0.1, 0.15) is 53.6 Å². The third-order valence-corrected chi connectivity index (χ3v) is 7.33. The molecule has 0 spiro atoms. The second-order valence-electron chi connectivity index (χ2n) is 8.71. The molecule has 0 bridgehead atoms. The van der Waals surface area contributed by atoms with Gasteiger partial charge in [0.05, 0.1) is 6.54 Å². The fourth-order valence-electron chi connectivity index (χ4n) is 4.40. The lowest BCUT2D eigenvalue weighted by Crippen LogP contribution is -2.36. The Labute approximate surface area is 202 Å². The molecule has 0 radical (unpaired) electrons. The molecule has 7 heteroatoms. The van der Waals surface area contributed by atoms with Crippen LogP contribution in [0.25, 0.3) is 11.2 Å². The maximum absolute atomic E-state index is 14.3. The number of nitrogens with zero attached hydrogens (tertiary/aromatic N) is 3. The standard InChI is InChI=1S/C27H27FN4OS/c28-23-10-5-4-7-21(23)17-32-25-24(11-6-16-29-25)31-27(32)34-18-19-12-14-20(15-13-19)26(33)30-22-8-2-1-3-9-22/h4-7,10-16,22H,1-3,8-9,17-18H2,(H,30,33). The highest BCUT2D eigenvalue weighted by molar-refractivity contribution is 7.98. The highest BCUT2D eigenvalue weighted by Crippen LogP contribution is 2.27. The maximum Gasteiger partial charge on any atom is 0.251 e. The second-order valence-corrected chi connectivity index (χ2v) is 9.65. The monoisotopic (exact) mass is 474 g/mol. The number of halogens is 1. The van der Waals surface area contributed by atoms with Crippen molar-refractivity contribution in [3.05, 3.63) is 89.4 Å². The summed E-state index contributed by atoms with van der Waals surface area (Å²) in [7, 11) is 0. The average molecular weight is 475 g/mol. The van der Waals surface area contributed by atoms with Crippen molar-refractivity contribution < 1.29 is 9.18 Å². The van der Waals surface area contributed by atoms with Crippen molar-refractivity contribution in [2.45, 2.75) is 55.6 Å². The van der Waals surface area contributed by atoms with Gasteiger partial charge in [-0.2, -0.15) is 0 Å². The number of thioether (sulfide) groups is 1. The van der Waals surface area contributed by atoms with Crippen LogP contribution in [0.2, 0.25) is 0 Å². The average Bonchev–Trinajstić information content (AvgIpc) is 3.22. The van der Waals surface area contributed by atoms with Crippen molar-refractivity contribution in [1.29, 1.82) is 0 Å². The second kappa shape index (κ2) is 10.4. The zero-order valence-electron chi connectivity index (χ0n) is 18.9. The van der Waals surface area contributed by atoms with Crippen LogP contribution in [0.4, 0.5) is 4.39 Å². The van der Waals surface area contributed by atoms with Crippen LogP contribution in [0.3, 0.4) is 0 Å². The minimum absolute atomic E-state index is 0.00357. The van der Waals surface area contributed by atoms with E-state index in [0.29, 0.717) is 29.5 Å². The van der Waals surface area contributed by atoms with Gasteiger partial charge < -0.3 is 5.32 Å². The van der Waals surface area contributed by atoms with Crippen molar-refractivity contribution in [3.8, 4) is 0 Å². The molecule has 1 saturated carbocycles. The van der Waals surface area contributed by atoms with Crippen LogP contribution in [-0.4, -0.2) is 26.5 Å². The first-order chi connectivity index (χ1) is 16.7. The van der Waals surface area contributed by atoms with Gasteiger partial charge in [0.15, 0.2) is 10.8 Å². The van der Waals surface area contributed by atoms with Gasteiger partial charge in [-0.1, -0.05) is 61.4 Å². The van der Waals surface area contributed by atoms with Gasteiger partial charge in [-0.15, -0.1) is 0 Å². The predicted octanol–water partition coefficient (Wildman–Crippen LogP) is 5.97. The molecular formula is C27H27FN4OS. The van der Waals surface area contributed by atoms with E-state index in [1.807, 2.05) is 47.0 Å². The summed E-state index contributed by atoms with van der Waals surface area (Å²) in [6.07, 6.45) is 7.53. The first kappa shape index (κ1) is 22.6. The first-order valence-corrected chi connectivity index (χ1v) is 12.7. The molecule has 174 valence electrons. The molecule has 1 aliphatic carbocycles. The normalized spacial score (nSPS) is 14.4. The van der Waals surface area contributed by atoms with Crippen molar-refractivity contribution in [2.24, 2.45) is 0 Å². The molecule has 0 aliphatic heterocycles. The van der Waals surface area contributed by atoms with Gasteiger partial charge in [0.25, 0.3) is 5.91 Å². The van der Waals surface area contributed by atoms with E-state index < -0.39 is 0 Å². The number of benzene rings is 2. The van der Waals surface area contributed by atoms with E-state index in [-0.39, 0.29) is 11.7 Å². The topological polar surface area (TPSA) is 59.8 Å². The Hall–Kier alpha value is -3.19. The Bertz CT molecular complexity index is 1280. The van der Waals surface area contributed by atoms with E-state index in [9.17, 15) is 9.18 Å². The number of amides is 1. The SMILES string of the molecule is O=C(NC1CCCCC1)c1ccc(CSc2nc3cccnc3n2Cc2ccccc2F)cc1. The molecule has 1 fully saturated rings. The molecular weight excluding hydrogens is 447 g/mol. The molecule has 1 N–H and O–H groups in total. The molecule has 5 nitrogen and oxygen atoms in total. The van der Waals surface area contributed by atoms with E-state index in [1.165, 1.54) is 25.3 Å². The number of hydrogen-bond donors (Lipinski definition) is 1. The summed E-state index contributed by atoms with van der Waals surface area (Å²) in [4.78, 5) is 21.8. The fourth-order valence-corrected chi connectivity index (χ4v) is 5.36. The van der Waals surface area contributed by atoms with Crippen LogP contribution in [-0.2, 0) is 12.3 Å². The van der Waals surface area contributed by atoms with Crippen LogP contribution in [0.15, 0.2) is 72.0 Å². The minimum atomic E-state index is -0.238. The zero-order valence-corrected chi connectivity index (χ0v) is 19.7. The summed E-state index contributed by atoms with van der Waals surface area (Å²) < 4.78 is 16.3. The summed E-state index contributed by atoms with van der Waals surface area (Å²) in [5.41, 5.74) is 3.91. The molecule has 4 aromatic rings. The summed E-state index contributed by atoms with van der Waals surface area (Å²) in [5, 5.41) is 3.96. The highest BCUT2D eigenvalue weighted by atomic mass is 32.2. The lowest BCUT2D eigenvalue weighted by molar-refractivity contribution is 0.0927. The van der Waals surface area contributed by atoms with Gasteiger partial charge in [0, 0.05) is 29.1 Å². The molecule has 2 aromatic carbocycles. The fraction of sp³-hybridized carbons (Fsp3) is 0.296. The van der Waals surface area contributed by atoms with Crippen LogP contribution in [0.5, 0.6) is 0 Å². The Morgan fingerprint density at radius 3 is 2.62 bits per heavy atom. The Morgan fingerprint density at radius 1 is 1.03 bits per heavy atom. The minimum Gasteiger partial charge on any atom is -0.349 e. The van der Waals surface area contributed by atoms with Crippen LogP contribution in [0, 0.1) is 5.82 Å². The molecule has 0 saturated heterocycles. The van der Waals surface area contributed by atoms with Crippen LogP contribution < -0.4 is 5.32 Å². The number of nitrogens with one attached hydrogen (secondary N) is 1. The Balaban J connectivity index is 1.29. The van der Waals surface area contributed by atoms with Gasteiger partial charge in [-0.05, 0) is 48.7 Å². The Kier molecular flexibility index (Phi) is 6.90. The van der Waals surface area contributed by atoms with Crippen LogP contribution >= 0.6 is 11.8 Å². The molecule has 0 atom stereocenters. The number of hydrogen-bond acceptors (Lipinski definition) is 4. The number of aromatic nitrogens is 3. The lowest BCUT2D eigenvalue weighted by atomic mass is 9.95. The summed E-state index contributed by atoms with van der Waals surface area (Å²) >= 11 is 1.58. The first-order valence-electron chi connectivity index (χ1n) is 11.7. The summed E-state index contributed by atoms with van der Waals surface area (Å²) in [5.74, 6) is 0.452. The number of pyridine rings is 1. The predicted molar refractivity (Wildman–Crippen MR) is 133 cm³/mol. The van der Waals surface area contributed by atoms with Crippen molar-refractivity contribution in [2.75, 3.05) is 0 Å². The zero-order chi connectivity index (χ0) is 23.3. The van der Waals surface area contributed by atoms with Gasteiger partial charge in [-0.25, -0.2) is 14.4 Å². The smallest absolute Gasteiger partial charge is 0.251 e. The number of carbonyl (C=O) groups is 1. The summed E-state index contributed by atoms with van der Waals surface area (Å²) in [6.45, 7) is 0.364. The van der Waals surface area contributed by atoms with E-state index in [1.54, 1.807) is 30.1 Å². The number of fused-ring (bicyclic) bond motifs is 1. The lowest BCUT2D eigenvalue weighted by Gasteiger charge is -2.22. The highest BCUT2D eigenvalue weighted by Gasteiger charge is 2.17.